The van der Waals surface area contributed by atoms with Crippen LogP contribution in [0, 0.1) is 0 Å². The Hall–Kier alpha value is -0.810. The molecule has 0 aromatic heterocycles. The monoisotopic (exact) mass is 231 g/mol. The number of hydrogen-bond donors (Lipinski definition) is 2. The number of carbonyl (C=O) groups excluding carboxylic acids is 1. The van der Waals surface area contributed by atoms with Crippen LogP contribution in [0.3, 0.4) is 0 Å². The van der Waals surface area contributed by atoms with Crippen molar-refractivity contribution in [2.75, 3.05) is 20.6 Å². The smallest absolute Gasteiger partial charge is 0.408 e. The fourth-order valence-corrected chi connectivity index (χ4v) is 0.980. The van der Waals surface area contributed by atoms with Crippen LogP contribution in [0.25, 0.3) is 0 Å². The molecule has 0 atom stereocenters. The normalized spacial score (nSPS) is 12.8. The van der Waals surface area contributed by atoms with E-state index in [9.17, 15) is 4.79 Å². The Morgan fingerprint density at radius 2 is 1.69 bits per heavy atom. The second-order valence-electron chi connectivity index (χ2n) is 5.74. The number of hydrogen-bond acceptors (Lipinski definition) is 4. The van der Waals surface area contributed by atoms with E-state index in [-0.39, 0.29) is 5.54 Å². The van der Waals surface area contributed by atoms with Crippen molar-refractivity contribution in [2.45, 2.75) is 45.8 Å². The molecule has 0 unspecified atom stereocenters. The highest BCUT2D eigenvalue weighted by molar-refractivity contribution is 5.68. The summed E-state index contributed by atoms with van der Waals surface area (Å²) in [4.78, 5) is 11.5. The van der Waals surface area contributed by atoms with Crippen molar-refractivity contribution in [3.8, 4) is 0 Å². The molecule has 0 aliphatic carbocycles. The van der Waals surface area contributed by atoms with E-state index in [1.807, 2.05) is 53.7 Å². The largest absolute Gasteiger partial charge is 0.444 e. The van der Waals surface area contributed by atoms with E-state index in [2.05, 4.69) is 10.7 Å². The van der Waals surface area contributed by atoms with Crippen LogP contribution in [-0.2, 0) is 4.74 Å². The van der Waals surface area contributed by atoms with E-state index in [0.717, 1.165) is 0 Å². The van der Waals surface area contributed by atoms with Gasteiger partial charge in [-0.05, 0) is 34.6 Å². The highest BCUT2D eigenvalue weighted by Crippen LogP contribution is 2.08. The second kappa shape index (κ2) is 5.50. The second-order valence-corrected chi connectivity index (χ2v) is 5.74. The van der Waals surface area contributed by atoms with Crippen LogP contribution in [0.2, 0.25) is 0 Å². The van der Waals surface area contributed by atoms with Crippen LogP contribution in [0.4, 0.5) is 4.79 Å². The van der Waals surface area contributed by atoms with Crippen molar-refractivity contribution >= 4 is 6.09 Å². The summed E-state index contributed by atoms with van der Waals surface area (Å²) < 4.78 is 5.19. The van der Waals surface area contributed by atoms with E-state index < -0.39 is 11.7 Å². The van der Waals surface area contributed by atoms with Gasteiger partial charge in [0.1, 0.15) is 5.60 Å². The maximum atomic E-state index is 11.5. The summed E-state index contributed by atoms with van der Waals surface area (Å²) in [5.74, 6) is 0. The highest BCUT2D eigenvalue weighted by Gasteiger charge is 2.24. The third-order valence-corrected chi connectivity index (χ3v) is 1.68. The lowest BCUT2D eigenvalue weighted by atomic mass is 10.1. The van der Waals surface area contributed by atoms with Crippen LogP contribution in [0.1, 0.15) is 34.6 Å². The average molecular weight is 231 g/mol. The van der Waals surface area contributed by atoms with Gasteiger partial charge in [0, 0.05) is 20.6 Å². The third kappa shape index (κ3) is 8.49. The quantitative estimate of drug-likeness (QED) is 0.717. The van der Waals surface area contributed by atoms with Gasteiger partial charge in [-0.2, -0.15) is 0 Å². The molecular formula is C11H25N3O2. The lowest BCUT2D eigenvalue weighted by Crippen LogP contribution is -2.53. The number of rotatable bonds is 4. The number of nitrogens with zero attached hydrogens (tertiary/aromatic N) is 1. The fourth-order valence-electron chi connectivity index (χ4n) is 0.980. The van der Waals surface area contributed by atoms with Gasteiger partial charge < -0.3 is 10.1 Å². The molecule has 96 valence electrons. The molecule has 0 aliphatic heterocycles. The predicted octanol–water partition coefficient (Wildman–Crippen LogP) is 1.36. The van der Waals surface area contributed by atoms with Crippen LogP contribution in [0.15, 0.2) is 0 Å². The molecule has 0 aromatic rings. The zero-order valence-electron chi connectivity index (χ0n) is 11.5. The molecule has 0 aliphatic rings. The highest BCUT2D eigenvalue weighted by atomic mass is 16.6. The molecule has 0 spiro atoms. The maximum Gasteiger partial charge on any atom is 0.408 e. The molecule has 5 nitrogen and oxygen atoms in total. The summed E-state index contributed by atoms with van der Waals surface area (Å²) in [6, 6.07) is 0. The molecule has 0 radical (unpaired) electrons. The van der Waals surface area contributed by atoms with Crippen molar-refractivity contribution in [1.82, 2.24) is 15.8 Å². The van der Waals surface area contributed by atoms with Gasteiger partial charge in [-0.3, -0.25) is 10.4 Å². The van der Waals surface area contributed by atoms with Gasteiger partial charge in [-0.15, -0.1) is 0 Å². The summed E-state index contributed by atoms with van der Waals surface area (Å²) in [7, 11) is 3.81. The topological polar surface area (TPSA) is 53.6 Å². The van der Waals surface area contributed by atoms with E-state index in [4.69, 9.17) is 4.74 Å². The van der Waals surface area contributed by atoms with E-state index in [0.29, 0.717) is 6.54 Å². The minimum Gasteiger partial charge on any atom is -0.444 e. The Labute approximate surface area is 98.5 Å². The summed E-state index contributed by atoms with van der Waals surface area (Å²) in [6.07, 6.45) is -0.391. The molecule has 1 amide bonds. The van der Waals surface area contributed by atoms with Crippen molar-refractivity contribution < 1.29 is 9.53 Å². The predicted molar refractivity (Wildman–Crippen MR) is 65.1 cm³/mol. The third-order valence-electron chi connectivity index (χ3n) is 1.68. The zero-order chi connectivity index (χ0) is 13.0. The molecule has 0 fully saturated rings. The Kier molecular flexibility index (Phi) is 5.22. The van der Waals surface area contributed by atoms with E-state index >= 15 is 0 Å². The first-order valence-corrected chi connectivity index (χ1v) is 5.44. The molecule has 0 aromatic carbocycles. The number of amides is 1. The first-order chi connectivity index (χ1) is 7.02. The van der Waals surface area contributed by atoms with Crippen LogP contribution in [0.5, 0.6) is 0 Å². The summed E-state index contributed by atoms with van der Waals surface area (Å²) in [5.41, 5.74) is 2.30. The Bertz CT molecular complexity index is 232. The number of ether oxygens (including phenoxy) is 1. The number of nitrogens with one attached hydrogen (secondary N) is 2. The minimum atomic E-state index is -0.463. The zero-order valence-corrected chi connectivity index (χ0v) is 11.5. The van der Waals surface area contributed by atoms with E-state index in [1.54, 1.807) is 0 Å². The fraction of sp³-hybridized carbons (Fsp3) is 0.909. The van der Waals surface area contributed by atoms with Crippen LogP contribution >= 0.6 is 0 Å². The van der Waals surface area contributed by atoms with Gasteiger partial charge in [0.25, 0.3) is 0 Å². The molecule has 0 saturated heterocycles. The first kappa shape index (κ1) is 15.2. The number of hydrazine groups is 1. The molecule has 0 saturated carbocycles. The number of carbonyl (C=O) groups is 1. The van der Waals surface area contributed by atoms with Gasteiger partial charge in [0.2, 0.25) is 0 Å². The Morgan fingerprint density at radius 3 is 2.06 bits per heavy atom. The molecule has 5 heteroatoms. The van der Waals surface area contributed by atoms with Crippen molar-refractivity contribution in [2.24, 2.45) is 0 Å². The van der Waals surface area contributed by atoms with Gasteiger partial charge in [0.05, 0.1) is 5.54 Å². The first-order valence-electron chi connectivity index (χ1n) is 5.44. The molecular weight excluding hydrogens is 206 g/mol. The van der Waals surface area contributed by atoms with Crippen LogP contribution in [-0.4, -0.2) is 42.9 Å². The lowest BCUT2D eigenvalue weighted by molar-refractivity contribution is 0.0463. The van der Waals surface area contributed by atoms with Crippen molar-refractivity contribution in [1.29, 1.82) is 0 Å². The minimum absolute atomic E-state index is 0.355. The average Bonchev–Trinajstić information content (AvgIpc) is 1.95. The summed E-state index contributed by atoms with van der Waals surface area (Å²) >= 11 is 0. The Morgan fingerprint density at radius 1 is 1.19 bits per heavy atom. The van der Waals surface area contributed by atoms with Crippen molar-refractivity contribution in [3.63, 3.8) is 0 Å². The van der Waals surface area contributed by atoms with E-state index in [1.165, 1.54) is 0 Å². The van der Waals surface area contributed by atoms with Gasteiger partial charge in [-0.25, -0.2) is 4.79 Å². The summed E-state index contributed by atoms with van der Waals surface area (Å²) in [5, 5.41) is 4.66. The van der Waals surface area contributed by atoms with Crippen molar-refractivity contribution in [3.05, 3.63) is 0 Å². The standard InChI is InChI=1S/C11H25N3O2/c1-10(2,3)16-9(15)13-11(4,5)8-12-14(6)7/h12H,8H2,1-7H3,(H,13,15). The molecule has 0 rings (SSSR count). The van der Waals surface area contributed by atoms with Gasteiger partial charge in [0.15, 0.2) is 0 Å². The Balaban J connectivity index is 4.10. The maximum absolute atomic E-state index is 11.5. The summed E-state index contributed by atoms with van der Waals surface area (Å²) in [6.45, 7) is 10.0. The molecule has 0 heterocycles. The van der Waals surface area contributed by atoms with Crippen LogP contribution < -0.4 is 10.7 Å². The molecule has 2 N–H and O–H groups in total. The van der Waals surface area contributed by atoms with Gasteiger partial charge >= 0.3 is 6.09 Å². The number of alkyl carbamates (subject to hydrolysis) is 1. The SMILES string of the molecule is CN(C)NCC(C)(C)NC(=O)OC(C)(C)C. The van der Waals surface area contributed by atoms with Gasteiger partial charge in [-0.1, -0.05) is 0 Å². The molecule has 16 heavy (non-hydrogen) atoms. The lowest BCUT2D eigenvalue weighted by Gasteiger charge is -2.30. The molecule has 0 bridgehead atoms.